The van der Waals surface area contributed by atoms with Crippen LogP contribution in [-0.2, 0) is 7.05 Å². The molecule has 0 atom stereocenters. The molecule has 0 aliphatic carbocycles. The molecule has 0 bridgehead atoms. The Kier molecular flexibility index (Phi) is 4.02. The Labute approximate surface area is 116 Å². The summed E-state index contributed by atoms with van der Waals surface area (Å²) in [6.45, 7) is 1.92. The molecule has 1 amide bonds. The van der Waals surface area contributed by atoms with Gasteiger partial charge in [-0.2, -0.15) is 5.10 Å². The number of rotatable bonds is 3. The van der Waals surface area contributed by atoms with Gasteiger partial charge in [-0.1, -0.05) is 17.7 Å². The molecule has 0 aliphatic heterocycles. The van der Waals surface area contributed by atoms with Crippen molar-refractivity contribution in [2.75, 3.05) is 0 Å². The summed E-state index contributed by atoms with van der Waals surface area (Å²) in [6.07, 6.45) is 5.38. The van der Waals surface area contributed by atoms with E-state index in [4.69, 9.17) is 11.6 Å². The highest BCUT2D eigenvalue weighted by atomic mass is 35.5. The number of hydrogen-bond donors (Lipinski definition) is 1. The molecule has 1 aromatic carbocycles. The van der Waals surface area contributed by atoms with Crippen molar-refractivity contribution in [3.05, 3.63) is 58.4 Å². The van der Waals surface area contributed by atoms with E-state index in [1.165, 1.54) is 0 Å². The quantitative estimate of drug-likeness (QED) is 0.679. The highest BCUT2D eigenvalue weighted by molar-refractivity contribution is 6.33. The van der Waals surface area contributed by atoms with Crippen LogP contribution in [0, 0.1) is 6.92 Å². The third-order valence-corrected chi connectivity index (χ3v) is 2.92. The number of halogens is 1. The number of aryl methyl sites for hydroxylation is 2. The van der Waals surface area contributed by atoms with Crippen molar-refractivity contribution in [1.82, 2.24) is 9.99 Å². The van der Waals surface area contributed by atoms with E-state index >= 15 is 0 Å². The number of amides is 1. The van der Waals surface area contributed by atoms with E-state index in [0.717, 1.165) is 11.1 Å². The predicted octanol–water partition coefficient (Wildman–Crippen LogP) is 2.75. The summed E-state index contributed by atoms with van der Waals surface area (Å²) in [5, 5.41) is 4.32. The van der Waals surface area contributed by atoms with Crippen molar-refractivity contribution in [2.45, 2.75) is 6.92 Å². The lowest BCUT2D eigenvalue weighted by atomic mass is 10.1. The van der Waals surface area contributed by atoms with Crippen LogP contribution < -0.4 is 5.43 Å². The van der Waals surface area contributed by atoms with Gasteiger partial charge in [-0.3, -0.25) is 4.79 Å². The van der Waals surface area contributed by atoms with E-state index in [-0.39, 0.29) is 5.91 Å². The molecule has 0 saturated carbocycles. The molecule has 0 fully saturated rings. The van der Waals surface area contributed by atoms with Gasteiger partial charge in [0, 0.05) is 25.0 Å². The van der Waals surface area contributed by atoms with Gasteiger partial charge >= 0.3 is 0 Å². The Morgan fingerprint density at radius 1 is 1.42 bits per heavy atom. The number of nitrogens with zero attached hydrogens (tertiary/aromatic N) is 2. The van der Waals surface area contributed by atoms with E-state index in [2.05, 4.69) is 10.5 Å². The van der Waals surface area contributed by atoms with Crippen molar-refractivity contribution in [3.63, 3.8) is 0 Å². The largest absolute Gasteiger partial charge is 0.357 e. The second kappa shape index (κ2) is 5.71. The van der Waals surface area contributed by atoms with Gasteiger partial charge in [0.1, 0.15) is 0 Å². The summed E-state index contributed by atoms with van der Waals surface area (Å²) in [6, 6.07) is 7.17. The van der Waals surface area contributed by atoms with Crippen LogP contribution in [0.4, 0.5) is 0 Å². The average molecular weight is 276 g/mol. The van der Waals surface area contributed by atoms with Crippen LogP contribution in [0.5, 0.6) is 0 Å². The fraction of sp³-hybridized carbons (Fsp3) is 0.143. The molecule has 5 heteroatoms. The zero-order chi connectivity index (χ0) is 13.8. The summed E-state index contributed by atoms with van der Waals surface area (Å²) < 4.78 is 1.90. The Morgan fingerprint density at radius 3 is 2.84 bits per heavy atom. The van der Waals surface area contributed by atoms with E-state index in [1.54, 1.807) is 18.3 Å². The van der Waals surface area contributed by atoms with Crippen LogP contribution in [0.3, 0.4) is 0 Å². The lowest BCUT2D eigenvalue weighted by Gasteiger charge is -2.03. The number of carbonyl (C=O) groups is 1. The fourth-order valence-corrected chi connectivity index (χ4v) is 1.95. The summed E-state index contributed by atoms with van der Waals surface area (Å²) in [7, 11) is 1.92. The Bertz CT molecular complexity index is 631. The zero-order valence-electron chi connectivity index (χ0n) is 10.7. The van der Waals surface area contributed by atoms with E-state index < -0.39 is 0 Å². The minimum atomic E-state index is -0.322. The van der Waals surface area contributed by atoms with Crippen molar-refractivity contribution in [1.29, 1.82) is 0 Å². The third kappa shape index (κ3) is 3.45. The number of benzene rings is 1. The number of nitrogens with one attached hydrogen (secondary N) is 1. The van der Waals surface area contributed by atoms with Crippen molar-refractivity contribution >= 4 is 23.7 Å². The van der Waals surface area contributed by atoms with Crippen LogP contribution in [0.2, 0.25) is 5.02 Å². The Hall–Kier alpha value is -2.07. The summed E-state index contributed by atoms with van der Waals surface area (Å²) in [5.74, 6) is -0.322. The molecule has 0 unspecified atom stereocenters. The average Bonchev–Trinajstić information content (AvgIpc) is 2.75. The second-order valence-corrected chi connectivity index (χ2v) is 4.70. The van der Waals surface area contributed by atoms with Crippen molar-refractivity contribution in [3.8, 4) is 0 Å². The molecule has 2 rings (SSSR count). The molecule has 0 aliphatic rings. The van der Waals surface area contributed by atoms with Gasteiger partial charge < -0.3 is 4.57 Å². The summed E-state index contributed by atoms with van der Waals surface area (Å²) >= 11 is 6.01. The van der Waals surface area contributed by atoms with E-state index in [1.807, 2.05) is 43.1 Å². The van der Waals surface area contributed by atoms with Crippen molar-refractivity contribution < 1.29 is 4.79 Å². The van der Waals surface area contributed by atoms with Gasteiger partial charge in [0.15, 0.2) is 0 Å². The minimum absolute atomic E-state index is 0.322. The fourth-order valence-electron chi connectivity index (χ4n) is 1.63. The standard InChI is InChI=1S/C14H14ClN3O/c1-10-3-4-12(13(15)7-10)14(19)17-16-8-11-5-6-18(2)9-11/h3-9H,1-2H3,(H,17,19)/b16-8-. The van der Waals surface area contributed by atoms with Gasteiger partial charge in [-0.05, 0) is 30.7 Å². The third-order valence-electron chi connectivity index (χ3n) is 2.60. The highest BCUT2D eigenvalue weighted by Crippen LogP contribution is 2.17. The molecule has 1 heterocycles. The van der Waals surface area contributed by atoms with E-state index in [9.17, 15) is 4.79 Å². The molecule has 19 heavy (non-hydrogen) atoms. The number of carbonyl (C=O) groups excluding carboxylic acids is 1. The maximum Gasteiger partial charge on any atom is 0.272 e. The van der Waals surface area contributed by atoms with Crippen LogP contribution >= 0.6 is 11.6 Å². The van der Waals surface area contributed by atoms with Gasteiger partial charge in [0.05, 0.1) is 16.8 Å². The first-order valence-electron chi connectivity index (χ1n) is 5.78. The van der Waals surface area contributed by atoms with Crippen molar-refractivity contribution in [2.24, 2.45) is 12.1 Å². The predicted molar refractivity (Wildman–Crippen MR) is 76.7 cm³/mol. The highest BCUT2D eigenvalue weighted by Gasteiger charge is 2.08. The molecule has 1 N–H and O–H groups in total. The Balaban J connectivity index is 2.03. The lowest BCUT2D eigenvalue weighted by Crippen LogP contribution is -2.18. The molecular formula is C14H14ClN3O. The number of hydrogen-bond acceptors (Lipinski definition) is 2. The van der Waals surface area contributed by atoms with E-state index in [0.29, 0.717) is 10.6 Å². The zero-order valence-corrected chi connectivity index (χ0v) is 11.5. The summed E-state index contributed by atoms with van der Waals surface area (Å²) in [5.41, 5.74) is 4.79. The monoisotopic (exact) mass is 275 g/mol. The van der Waals surface area contributed by atoms with Gasteiger partial charge in [0.2, 0.25) is 0 Å². The molecule has 0 radical (unpaired) electrons. The first-order chi connectivity index (χ1) is 9.06. The van der Waals surface area contributed by atoms with Crippen LogP contribution in [0.1, 0.15) is 21.5 Å². The van der Waals surface area contributed by atoms with Crippen LogP contribution in [0.15, 0.2) is 41.8 Å². The molecule has 0 spiro atoms. The minimum Gasteiger partial charge on any atom is -0.357 e. The molecule has 4 nitrogen and oxygen atoms in total. The first-order valence-corrected chi connectivity index (χ1v) is 6.15. The van der Waals surface area contributed by atoms with Gasteiger partial charge in [-0.15, -0.1) is 0 Å². The summed E-state index contributed by atoms with van der Waals surface area (Å²) in [4.78, 5) is 11.9. The Morgan fingerprint density at radius 2 is 2.21 bits per heavy atom. The smallest absolute Gasteiger partial charge is 0.272 e. The maximum absolute atomic E-state index is 11.9. The molecular weight excluding hydrogens is 262 g/mol. The molecule has 1 aromatic heterocycles. The SMILES string of the molecule is Cc1ccc(C(=O)N/N=C\c2ccn(C)c2)c(Cl)c1. The number of hydrazone groups is 1. The maximum atomic E-state index is 11.9. The molecule has 98 valence electrons. The van der Waals surface area contributed by atoms with Crippen LogP contribution in [-0.4, -0.2) is 16.7 Å². The lowest BCUT2D eigenvalue weighted by molar-refractivity contribution is 0.0955. The second-order valence-electron chi connectivity index (χ2n) is 4.29. The first kappa shape index (κ1) is 13.4. The molecule has 0 saturated heterocycles. The van der Waals surface area contributed by atoms with Crippen LogP contribution in [0.25, 0.3) is 0 Å². The van der Waals surface area contributed by atoms with Gasteiger partial charge in [-0.25, -0.2) is 5.43 Å². The number of aromatic nitrogens is 1. The van der Waals surface area contributed by atoms with Gasteiger partial charge in [0.25, 0.3) is 5.91 Å². The molecule has 2 aromatic rings. The topological polar surface area (TPSA) is 46.4 Å². The normalized spacial score (nSPS) is 10.9.